The van der Waals surface area contributed by atoms with Gasteiger partial charge in [0, 0.05) is 0 Å². The van der Waals surface area contributed by atoms with Crippen molar-refractivity contribution in [3.05, 3.63) is 0 Å². The highest BCUT2D eigenvalue weighted by atomic mass is 16.4. The average molecular weight is 213 g/mol. The van der Waals surface area contributed by atoms with Crippen LogP contribution in [-0.4, -0.2) is 23.7 Å². The Morgan fingerprint density at radius 1 is 1.47 bits per heavy atom. The Balaban J connectivity index is 2.60. The van der Waals surface area contributed by atoms with E-state index < -0.39 is 11.5 Å². The third-order valence-corrected chi connectivity index (χ3v) is 3.78. The van der Waals surface area contributed by atoms with Gasteiger partial charge in [0.25, 0.3) is 0 Å². The fourth-order valence-electron chi connectivity index (χ4n) is 2.68. The third kappa shape index (κ3) is 2.94. The molecule has 2 unspecified atom stereocenters. The molecule has 1 saturated carbocycles. The summed E-state index contributed by atoms with van der Waals surface area (Å²) in [6.07, 6.45) is 7.32. The predicted octanol–water partition coefficient (Wildman–Crippen LogP) is 2.41. The molecule has 15 heavy (non-hydrogen) atoms. The second-order valence-corrected chi connectivity index (χ2v) is 4.72. The van der Waals surface area contributed by atoms with Crippen LogP contribution in [0.3, 0.4) is 0 Å². The summed E-state index contributed by atoms with van der Waals surface area (Å²) in [5.74, 6) is 0.0618. The van der Waals surface area contributed by atoms with Crippen LogP contribution in [0.5, 0.6) is 0 Å². The number of carboxylic acid groups (broad SMARTS) is 1. The van der Waals surface area contributed by atoms with Gasteiger partial charge in [-0.1, -0.05) is 32.6 Å². The number of aliphatic carboxylic acids is 1. The van der Waals surface area contributed by atoms with Crippen molar-refractivity contribution >= 4 is 5.97 Å². The Kier molecular flexibility index (Phi) is 4.58. The fourth-order valence-corrected chi connectivity index (χ4v) is 2.68. The predicted molar refractivity (Wildman–Crippen MR) is 60.9 cm³/mol. The minimum atomic E-state index is -0.679. The van der Waals surface area contributed by atoms with E-state index in [4.69, 9.17) is 0 Å². The van der Waals surface area contributed by atoms with E-state index in [9.17, 15) is 9.90 Å². The monoisotopic (exact) mass is 213 g/mol. The molecule has 2 atom stereocenters. The van der Waals surface area contributed by atoms with Gasteiger partial charge in [-0.25, -0.2) is 0 Å². The fraction of sp³-hybridized carbons (Fsp3) is 0.917. The lowest BCUT2D eigenvalue weighted by atomic mass is 9.89. The van der Waals surface area contributed by atoms with E-state index in [0.29, 0.717) is 0 Å². The molecule has 0 amide bonds. The first kappa shape index (κ1) is 12.5. The highest BCUT2D eigenvalue weighted by Gasteiger charge is 2.38. The van der Waals surface area contributed by atoms with Gasteiger partial charge in [0.1, 0.15) is 5.54 Å². The molecule has 1 aliphatic rings. The minimum Gasteiger partial charge on any atom is -0.480 e. The average Bonchev–Trinajstić information content (AvgIpc) is 2.42. The molecule has 1 fully saturated rings. The summed E-state index contributed by atoms with van der Waals surface area (Å²) >= 11 is 0. The molecule has 0 saturated heterocycles. The van der Waals surface area contributed by atoms with E-state index >= 15 is 0 Å². The first-order chi connectivity index (χ1) is 7.14. The number of nitrogens with one attached hydrogen (secondary N) is 1. The molecule has 0 aliphatic heterocycles. The summed E-state index contributed by atoms with van der Waals surface area (Å²) in [6, 6.07) is 0. The van der Waals surface area contributed by atoms with Gasteiger partial charge in [0.05, 0.1) is 0 Å². The van der Waals surface area contributed by atoms with Gasteiger partial charge in [-0.05, 0) is 32.2 Å². The molecule has 0 aromatic carbocycles. The molecule has 0 heterocycles. The van der Waals surface area contributed by atoms with Crippen LogP contribution < -0.4 is 5.32 Å². The zero-order chi connectivity index (χ0) is 11.3. The number of carbonyl (C=O) groups is 1. The molecule has 0 spiro atoms. The second kappa shape index (κ2) is 5.50. The van der Waals surface area contributed by atoms with E-state index in [-0.39, 0.29) is 0 Å². The molecule has 1 aliphatic carbocycles. The van der Waals surface area contributed by atoms with Crippen molar-refractivity contribution in [2.45, 2.75) is 57.4 Å². The Morgan fingerprint density at radius 2 is 2.20 bits per heavy atom. The van der Waals surface area contributed by atoms with Gasteiger partial charge in [-0.3, -0.25) is 4.79 Å². The zero-order valence-corrected chi connectivity index (χ0v) is 9.88. The van der Waals surface area contributed by atoms with Crippen molar-refractivity contribution in [2.75, 3.05) is 7.05 Å². The summed E-state index contributed by atoms with van der Waals surface area (Å²) in [4.78, 5) is 11.3. The number of hydrogen-bond acceptors (Lipinski definition) is 2. The van der Waals surface area contributed by atoms with Crippen molar-refractivity contribution < 1.29 is 9.90 Å². The molecule has 2 N–H and O–H groups in total. The van der Waals surface area contributed by atoms with Crippen LogP contribution in [0.1, 0.15) is 51.9 Å². The number of likely N-dealkylation sites (N-methyl/N-ethyl adjacent to an activating group) is 1. The topological polar surface area (TPSA) is 49.3 Å². The Bertz CT molecular complexity index is 218. The van der Waals surface area contributed by atoms with Crippen molar-refractivity contribution in [3.8, 4) is 0 Å². The molecular formula is C12H23NO2. The van der Waals surface area contributed by atoms with Crippen LogP contribution in [-0.2, 0) is 4.79 Å². The quantitative estimate of drug-likeness (QED) is 0.705. The zero-order valence-electron chi connectivity index (χ0n) is 9.88. The van der Waals surface area contributed by atoms with Gasteiger partial charge < -0.3 is 10.4 Å². The lowest BCUT2D eigenvalue weighted by molar-refractivity contribution is -0.145. The van der Waals surface area contributed by atoms with E-state index in [0.717, 1.165) is 31.6 Å². The van der Waals surface area contributed by atoms with E-state index in [1.807, 2.05) is 0 Å². The van der Waals surface area contributed by atoms with Crippen LogP contribution in [0.2, 0.25) is 0 Å². The summed E-state index contributed by atoms with van der Waals surface area (Å²) in [5, 5.41) is 12.3. The van der Waals surface area contributed by atoms with Crippen LogP contribution in [0.25, 0.3) is 0 Å². The number of rotatable bonds is 4. The normalized spacial score (nSPS) is 32.3. The van der Waals surface area contributed by atoms with Crippen LogP contribution >= 0.6 is 0 Å². The molecule has 3 heteroatoms. The lowest BCUT2D eigenvalue weighted by Crippen LogP contribution is -2.49. The third-order valence-electron chi connectivity index (χ3n) is 3.78. The van der Waals surface area contributed by atoms with E-state index in [1.165, 1.54) is 19.3 Å². The van der Waals surface area contributed by atoms with Gasteiger partial charge >= 0.3 is 5.97 Å². The minimum absolute atomic E-state index is 0.650. The first-order valence-corrected chi connectivity index (χ1v) is 6.07. The van der Waals surface area contributed by atoms with Crippen LogP contribution in [0, 0.1) is 5.92 Å². The highest BCUT2D eigenvalue weighted by Crippen LogP contribution is 2.32. The second-order valence-electron chi connectivity index (χ2n) is 4.72. The molecule has 88 valence electrons. The summed E-state index contributed by atoms with van der Waals surface area (Å²) in [5.41, 5.74) is -0.650. The lowest BCUT2D eigenvalue weighted by Gasteiger charge is -2.27. The van der Waals surface area contributed by atoms with Crippen molar-refractivity contribution in [2.24, 2.45) is 5.92 Å². The van der Waals surface area contributed by atoms with Gasteiger partial charge in [-0.15, -0.1) is 0 Å². The van der Waals surface area contributed by atoms with Crippen molar-refractivity contribution in [1.82, 2.24) is 5.32 Å². The maximum Gasteiger partial charge on any atom is 0.323 e. The van der Waals surface area contributed by atoms with Gasteiger partial charge in [-0.2, -0.15) is 0 Å². The largest absolute Gasteiger partial charge is 0.480 e. The molecule has 0 radical (unpaired) electrons. The van der Waals surface area contributed by atoms with Crippen molar-refractivity contribution in [3.63, 3.8) is 0 Å². The molecule has 0 bridgehead atoms. The highest BCUT2D eigenvalue weighted by molar-refractivity contribution is 5.78. The molecular weight excluding hydrogens is 190 g/mol. The van der Waals surface area contributed by atoms with Gasteiger partial charge in [0.2, 0.25) is 0 Å². The molecule has 0 aromatic heterocycles. The Morgan fingerprint density at radius 3 is 2.73 bits per heavy atom. The smallest absolute Gasteiger partial charge is 0.323 e. The summed E-state index contributed by atoms with van der Waals surface area (Å²) in [6.45, 7) is 2.20. The summed E-state index contributed by atoms with van der Waals surface area (Å²) in [7, 11) is 1.77. The Labute approximate surface area is 92.3 Å². The Hall–Kier alpha value is -0.570. The SMILES string of the molecule is CCCC1CCCC(NC)(C(=O)O)CC1. The molecule has 3 nitrogen and oxygen atoms in total. The first-order valence-electron chi connectivity index (χ1n) is 6.07. The number of hydrogen-bond donors (Lipinski definition) is 2. The van der Waals surface area contributed by atoms with Crippen molar-refractivity contribution in [1.29, 1.82) is 0 Å². The van der Waals surface area contributed by atoms with Crippen LogP contribution in [0.15, 0.2) is 0 Å². The molecule has 0 aromatic rings. The van der Waals surface area contributed by atoms with Gasteiger partial charge in [0.15, 0.2) is 0 Å². The molecule has 1 rings (SSSR count). The van der Waals surface area contributed by atoms with E-state index in [2.05, 4.69) is 12.2 Å². The number of carboxylic acids is 1. The van der Waals surface area contributed by atoms with Crippen LogP contribution in [0.4, 0.5) is 0 Å². The standard InChI is InChI=1S/C12H23NO2/c1-3-5-10-6-4-8-12(13-2,9-7-10)11(14)15/h10,13H,3-9H2,1-2H3,(H,14,15). The maximum absolute atomic E-state index is 11.3. The summed E-state index contributed by atoms with van der Waals surface area (Å²) < 4.78 is 0. The maximum atomic E-state index is 11.3. The van der Waals surface area contributed by atoms with E-state index in [1.54, 1.807) is 7.05 Å².